The van der Waals surface area contributed by atoms with Crippen molar-refractivity contribution in [3.05, 3.63) is 88.2 Å². The highest BCUT2D eigenvalue weighted by Gasteiger charge is 2.44. The second kappa shape index (κ2) is 10.3. The maximum Gasteiger partial charge on any atom is 0.322 e. The van der Waals surface area contributed by atoms with Gasteiger partial charge in [-0.1, -0.05) is 35.3 Å². The van der Waals surface area contributed by atoms with Gasteiger partial charge in [0, 0.05) is 12.2 Å². The van der Waals surface area contributed by atoms with E-state index in [1.165, 1.54) is 29.2 Å². The van der Waals surface area contributed by atoms with Gasteiger partial charge in [0.05, 0.1) is 29.3 Å². The summed E-state index contributed by atoms with van der Waals surface area (Å²) in [4.78, 5) is 41.7. The summed E-state index contributed by atoms with van der Waals surface area (Å²) in [7, 11) is 1.54. The molecule has 3 aromatic rings. The highest BCUT2D eigenvalue weighted by molar-refractivity contribution is 6.42. The van der Waals surface area contributed by atoms with Gasteiger partial charge >= 0.3 is 6.03 Å². The van der Waals surface area contributed by atoms with Crippen LogP contribution in [0.1, 0.15) is 12.0 Å². The number of halogens is 3. The molecule has 0 saturated carbocycles. The van der Waals surface area contributed by atoms with Crippen molar-refractivity contribution in [3.63, 3.8) is 0 Å². The maximum atomic E-state index is 13.4. The van der Waals surface area contributed by atoms with E-state index in [2.05, 4.69) is 5.32 Å². The minimum atomic E-state index is -1.07. The Labute approximate surface area is 211 Å². The van der Waals surface area contributed by atoms with Crippen molar-refractivity contribution >= 4 is 52.4 Å². The predicted octanol–water partition coefficient (Wildman–Crippen LogP) is 5.51. The van der Waals surface area contributed by atoms with Crippen LogP contribution in [0.15, 0.2) is 66.7 Å². The second-order valence-corrected chi connectivity index (χ2v) is 8.61. The number of urea groups is 1. The first-order valence-electron chi connectivity index (χ1n) is 10.5. The number of nitrogens with one attached hydrogen (secondary N) is 1. The van der Waals surface area contributed by atoms with Gasteiger partial charge in [0.25, 0.3) is 5.91 Å². The lowest BCUT2D eigenvalue weighted by Gasteiger charge is -2.28. The van der Waals surface area contributed by atoms with Crippen molar-refractivity contribution in [3.8, 4) is 5.75 Å². The standard InChI is InChI=1S/C25H20Cl2FN3O4/c1-35-19-9-2-15(3-10-19)14-30(25(34)29-17-6-11-20(26)21(27)12-17)22-13-23(32)31(24(22)33)18-7-4-16(28)5-8-18/h2-12,22H,13-14H2,1H3,(H,29,34). The smallest absolute Gasteiger partial charge is 0.322 e. The van der Waals surface area contributed by atoms with E-state index < -0.39 is 29.7 Å². The predicted molar refractivity (Wildman–Crippen MR) is 131 cm³/mol. The minimum Gasteiger partial charge on any atom is -0.497 e. The Hall–Kier alpha value is -3.62. The molecule has 1 atom stereocenters. The number of imide groups is 1. The fourth-order valence-electron chi connectivity index (χ4n) is 3.74. The van der Waals surface area contributed by atoms with Crippen molar-refractivity contribution in [2.45, 2.75) is 19.0 Å². The van der Waals surface area contributed by atoms with Gasteiger partial charge in [-0.25, -0.2) is 14.1 Å². The first-order chi connectivity index (χ1) is 16.8. The SMILES string of the molecule is COc1ccc(CN(C(=O)Nc2ccc(Cl)c(Cl)c2)C2CC(=O)N(c3ccc(F)cc3)C2=O)cc1. The molecule has 0 radical (unpaired) electrons. The maximum absolute atomic E-state index is 13.4. The molecule has 4 rings (SSSR count). The molecule has 1 N–H and O–H groups in total. The first kappa shape index (κ1) is 24.5. The van der Waals surface area contributed by atoms with Crippen LogP contribution in [0, 0.1) is 5.82 Å². The zero-order valence-electron chi connectivity index (χ0n) is 18.5. The minimum absolute atomic E-state index is 0.0398. The molecule has 10 heteroatoms. The van der Waals surface area contributed by atoms with Crippen LogP contribution in [0.4, 0.5) is 20.6 Å². The molecule has 7 nitrogen and oxygen atoms in total. The van der Waals surface area contributed by atoms with E-state index in [0.29, 0.717) is 16.5 Å². The van der Waals surface area contributed by atoms with Crippen LogP contribution in [0.3, 0.4) is 0 Å². The van der Waals surface area contributed by atoms with Crippen LogP contribution in [0.2, 0.25) is 10.0 Å². The Kier molecular flexibility index (Phi) is 7.23. The molecule has 0 spiro atoms. The van der Waals surface area contributed by atoms with Gasteiger partial charge in [0.1, 0.15) is 17.6 Å². The largest absolute Gasteiger partial charge is 0.497 e. The molecule has 0 aliphatic carbocycles. The number of amides is 4. The van der Waals surface area contributed by atoms with Gasteiger partial charge in [0.15, 0.2) is 0 Å². The zero-order chi connectivity index (χ0) is 25.1. The molecule has 1 unspecified atom stereocenters. The molecule has 180 valence electrons. The molecular weight excluding hydrogens is 496 g/mol. The Bertz CT molecular complexity index is 1270. The molecule has 0 bridgehead atoms. The lowest BCUT2D eigenvalue weighted by atomic mass is 10.1. The number of methoxy groups -OCH3 is 1. The lowest BCUT2D eigenvalue weighted by molar-refractivity contribution is -0.122. The summed E-state index contributed by atoms with van der Waals surface area (Å²) in [5, 5.41) is 3.29. The highest BCUT2D eigenvalue weighted by Crippen LogP contribution is 2.29. The molecule has 1 aliphatic rings. The van der Waals surface area contributed by atoms with Crippen LogP contribution in [0.5, 0.6) is 5.75 Å². The summed E-state index contributed by atoms with van der Waals surface area (Å²) >= 11 is 12.0. The van der Waals surface area contributed by atoms with Crippen LogP contribution in [0.25, 0.3) is 0 Å². The molecule has 3 aromatic carbocycles. The van der Waals surface area contributed by atoms with Gasteiger partial charge in [-0.2, -0.15) is 0 Å². The Morgan fingerprint density at radius 1 is 1.06 bits per heavy atom. The van der Waals surface area contributed by atoms with Crippen LogP contribution in [-0.4, -0.2) is 35.9 Å². The molecule has 1 aliphatic heterocycles. The normalized spacial score (nSPS) is 15.3. The number of benzene rings is 3. The Morgan fingerprint density at radius 2 is 1.74 bits per heavy atom. The monoisotopic (exact) mass is 515 g/mol. The van der Waals surface area contributed by atoms with Gasteiger partial charge in [-0.15, -0.1) is 0 Å². The molecule has 1 heterocycles. The number of anilines is 2. The summed E-state index contributed by atoms with van der Waals surface area (Å²) in [6.45, 7) is 0.0398. The number of hydrogen-bond acceptors (Lipinski definition) is 4. The number of rotatable bonds is 6. The molecule has 35 heavy (non-hydrogen) atoms. The second-order valence-electron chi connectivity index (χ2n) is 7.80. The van der Waals surface area contributed by atoms with Gasteiger partial charge < -0.3 is 15.0 Å². The fourth-order valence-corrected chi connectivity index (χ4v) is 4.04. The topological polar surface area (TPSA) is 79.0 Å². The zero-order valence-corrected chi connectivity index (χ0v) is 20.0. The average Bonchev–Trinajstić information content (AvgIpc) is 3.14. The quantitative estimate of drug-likeness (QED) is 0.439. The summed E-state index contributed by atoms with van der Waals surface area (Å²) in [5.41, 5.74) is 1.32. The van der Waals surface area contributed by atoms with Gasteiger partial charge in [0.2, 0.25) is 5.91 Å². The third-order valence-electron chi connectivity index (χ3n) is 5.53. The van der Waals surface area contributed by atoms with Crippen LogP contribution in [-0.2, 0) is 16.1 Å². The first-order valence-corrected chi connectivity index (χ1v) is 11.3. The van der Waals surface area contributed by atoms with Gasteiger partial charge in [-0.05, 0) is 60.2 Å². The number of ether oxygens (including phenoxy) is 1. The molecular formula is C25H20Cl2FN3O4. The molecule has 1 fully saturated rings. The van der Waals surface area contributed by atoms with Crippen LogP contribution < -0.4 is 15.0 Å². The Morgan fingerprint density at radius 3 is 2.37 bits per heavy atom. The fraction of sp³-hybridized carbons (Fsp3) is 0.160. The molecule has 1 saturated heterocycles. The summed E-state index contributed by atoms with van der Waals surface area (Å²) in [5.74, 6) is -0.935. The third-order valence-corrected chi connectivity index (χ3v) is 6.27. The lowest BCUT2D eigenvalue weighted by Crippen LogP contribution is -2.46. The Balaban J connectivity index is 1.63. The van der Waals surface area contributed by atoms with E-state index >= 15 is 0 Å². The number of carbonyl (C=O) groups excluding carboxylic acids is 3. The van der Waals surface area contributed by atoms with E-state index in [1.807, 2.05) is 0 Å². The van der Waals surface area contributed by atoms with Crippen molar-refractivity contribution in [2.75, 3.05) is 17.3 Å². The number of hydrogen-bond donors (Lipinski definition) is 1. The summed E-state index contributed by atoms with van der Waals surface area (Å²) in [6, 6.07) is 14.9. The number of nitrogens with zero attached hydrogens (tertiary/aromatic N) is 2. The van der Waals surface area contributed by atoms with E-state index in [1.54, 1.807) is 37.4 Å². The van der Waals surface area contributed by atoms with Crippen molar-refractivity contribution in [1.82, 2.24) is 4.90 Å². The molecule has 0 aromatic heterocycles. The summed E-state index contributed by atoms with van der Waals surface area (Å²) < 4.78 is 18.5. The van der Waals surface area contributed by atoms with E-state index in [4.69, 9.17) is 27.9 Å². The van der Waals surface area contributed by atoms with Crippen molar-refractivity contribution in [1.29, 1.82) is 0 Å². The molecule has 4 amide bonds. The average molecular weight is 516 g/mol. The highest BCUT2D eigenvalue weighted by atomic mass is 35.5. The van der Waals surface area contributed by atoms with Crippen molar-refractivity contribution in [2.24, 2.45) is 0 Å². The van der Waals surface area contributed by atoms with E-state index in [-0.39, 0.29) is 23.7 Å². The van der Waals surface area contributed by atoms with E-state index in [9.17, 15) is 18.8 Å². The van der Waals surface area contributed by atoms with Crippen LogP contribution >= 0.6 is 23.2 Å². The van der Waals surface area contributed by atoms with Crippen molar-refractivity contribution < 1.29 is 23.5 Å². The summed E-state index contributed by atoms with van der Waals surface area (Å²) in [6.07, 6.45) is -0.221. The van der Waals surface area contributed by atoms with Gasteiger partial charge in [-0.3, -0.25) is 9.59 Å². The van der Waals surface area contributed by atoms with E-state index in [0.717, 1.165) is 22.6 Å². The third kappa shape index (κ3) is 5.39. The number of carbonyl (C=O) groups is 3.